The van der Waals surface area contributed by atoms with Gasteiger partial charge in [-0.05, 0) is 6.42 Å². The van der Waals surface area contributed by atoms with Gasteiger partial charge in [-0.25, -0.2) is 4.18 Å². The topological polar surface area (TPSA) is 82.1 Å². The molecule has 0 unspecified atom stereocenters. The van der Waals surface area contributed by atoms with E-state index in [1.165, 1.54) is 89.9 Å². The summed E-state index contributed by atoms with van der Waals surface area (Å²) >= 11 is 0. The van der Waals surface area contributed by atoms with Crippen molar-refractivity contribution < 1.29 is 26.6 Å². The van der Waals surface area contributed by atoms with E-state index in [0.29, 0.717) is 13.2 Å². The zero-order valence-electron chi connectivity index (χ0n) is 18.0. The Morgan fingerprint density at radius 2 is 0.893 bits per heavy atom. The van der Waals surface area contributed by atoms with Crippen molar-refractivity contribution in [3.63, 3.8) is 0 Å². The molecule has 0 aromatic rings. The fourth-order valence-electron chi connectivity index (χ4n) is 3.10. The van der Waals surface area contributed by atoms with Gasteiger partial charge in [0.05, 0.1) is 26.4 Å². The highest BCUT2D eigenvalue weighted by Gasteiger charge is 2.02. The molecule has 170 valence electrons. The first kappa shape index (κ1) is 27.8. The van der Waals surface area contributed by atoms with Crippen molar-refractivity contribution in [3.8, 4) is 0 Å². The Morgan fingerprint density at radius 3 is 1.32 bits per heavy atom. The van der Waals surface area contributed by atoms with Gasteiger partial charge in [-0.1, -0.05) is 96.8 Å². The van der Waals surface area contributed by atoms with Crippen LogP contribution in [0.5, 0.6) is 0 Å². The molecule has 0 aromatic carbocycles. The third kappa shape index (κ3) is 25.8. The molecule has 1 N–H and O–H groups in total. The van der Waals surface area contributed by atoms with Crippen molar-refractivity contribution in [2.24, 2.45) is 0 Å². The van der Waals surface area contributed by atoms with E-state index in [4.69, 9.17) is 14.0 Å². The van der Waals surface area contributed by atoms with Gasteiger partial charge in [0.1, 0.15) is 0 Å². The average Bonchev–Trinajstić information content (AvgIpc) is 2.65. The Hall–Kier alpha value is -0.210. The van der Waals surface area contributed by atoms with Crippen LogP contribution in [-0.4, -0.2) is 46.0 Å². The lowest BCUT2D eigenvalue weighted by molar-refractivity contribution is 0.0346. The summed E-state index contributed by atoms with van der Waals surface area (Å²) < 4.78 is 43.7. The third-order valence-electron chi connectivity index (χ3n) is 4.72. The summed E-state index contributed by atoms with van der Waals surface area (Å²) in [7, 11) is -4.36. The second kappa shape index (κ2) is 21.5. The minimum atomic E-state index is -4.36. The third-order valence-corrected chi connectivity index (χ3v) is 5.19. The summed E-state index contributed by atoms with van der Waals surface area (Å²) in [4.78, 5) is 0. The molecule has 0 aliphatic rings. The lowest BCUT2D eigenvalue weighted by Gasteiger charge is -2.06. The van der Waals surface area contributed by atoms with Crippen LogP contribution in [0.4, 0.5) is 0 Å². The molecule has 0 radical (unpaired) electrons. The van der Waals surface area contributed by atoms with E-state index in [1.807, 2.05) is 0 Å². The van der Waals surface area contributed by atoms with Crippen LogP contribution in [0.25, 0.3) is 0 Å². The maximum atomic E-state index is 10.3. The fraction of sp³-hybridized carbons (Fsp3) is 1.00. The summed E-state index contributed by atoms with van der Waals surface area (Å²) in [5.74, 6) is 0. The van der Waals surface area contributed by atoms with E-state index in [-0.39, 0.29) is 13.2 Å². The molecule has 0 saturated heterocycles. The smallest absolute Gasteiger partial charge is 0.379 e. The molecule has 0 aromatic heterocycles. The van der Waals surface area contributed by atoms with Crippen LogP contribution in [-0.2, 0) is 24.1 Å². The Kier molecular flexibility index (Phi) is 21.3. The number of unbranched alkanes of at least 4 members (excludes halogenated alkanes) is 14. The van der Waals surface area contributed by atoms with Crippen LogP contribution >= 0.6 is 0 Å². The Bertz CT molecular complexity index is 400. The van der Waals surface area contributed by atoms with E-state index in [2.05, 4.69) is 11.1 Å². The molecule has 6 nitrogen and oxygen atoms in total. The van der Waals surface area contributed by atoms with Gasteiger partial charge in [0.2, 0.25) is 0 Å². The maximum Gasteiger partial charge on any atom is 0.397 e. The quantitative estimate of drug-likeness (QED) is 0.167. The molecule has 0 atom stereocenters. The van der Waals surface area contributed by atoms with Gasteiger partial charge in [0.15, 0.2) is 0 Å². The normalized spacial score (nSPS) is 11.9. The van der Waals surface area contributed by atoms with Gasteiger partial charge in [-0.15, -0.1) is 0 Å². The number of hydrogen-bond acceptors (Lipinski definition) is 5. The molecule has 28 heavy (non-hydrogen) atoms. The van der Waals surface area contributed by atoms with Crippen molar-refractivity contribution in [1.82, 2.24) is 0 Å². The highest BCUT2D eigenvalue weighted by atomic mass is 32.3. The first-order valence-electron chi connectivity index (χ1n) is 11.3. The van der Waals surface area contributed by atoms with Gasteiger partial charge in [-0.2, -0.15) is 8.42 Å². The predicted molar refractivity (Wildman–Crippen MR) is 114 cm³/mol. The lowest BCUT2D eigenvalue weighted by Crippen LogP contribution is -2.12. The highest BCUT2D eigenvalue weighted by Crippen LogP contribution is 2.13. The Morgan fingerprint density at radius 1 is 0.536 bits per heavy atom. The minimum absolute atomic E-state index is 0.113. The van der Waals surface area contributed by atoms with E-state index >= 15 is 0 Å². The van der Waals surface area contributed by atoms with E-state index < -0.39 is 10.4 Å². The molecular formula is C21H44O6S. The largest absolute Gasteiger partial charge is 0.397 e. The first-order chi connectivity index (χ1) is 13.6. The van der Waals surface area contributed by atoms with Gasteiger partial charge >= 0.3 is 10.4 Å². The zero-order valence-corrected chi connectivity index (χ0v) is 18.9. The van der Waals surface area contributed by atoms with Crippen molar-refractivity contribution in [2.45, 2.75) is 103 Å². The van der Waals surface area contributed by atoms with Gasteiger partial charge in [0, 0.05) is 6.61 Å². The van der Waals surface area contributed by atoms with Crippen LogP contribution in [0.2, 0.25) is 0 Å². The Labute approximate surface area is 173 Å². The molecular weight excluding hydrogens is 380 g/mol. The van der Waals surface area contributed by atoms with Crippen LogP contribution in [0.3, 0.4) is 0 Å². The molecule has 0 saturated carbocycles. The van der Waals surface area contributed by atoms with Gasteiger partial charge < -0.3 is 9.47 Å². The number of hydrogen-bond donors (Lipinski definition) is 1. The molecule has 0 rings (SSSR count). The fourth-order valence-corrected chi connectivity index (χ4v) is 3.37. The first-order valence-corrected chi connectivity index (χ1v) is 12.7. The standard InChI is InChI=1S/C21H44O6S/c1-2-3-4-5-6-7-8-9-10-11-12-13-14-15-16-17-25-18-19-26-20-21-27-28(22,23)24/h2-21H2,1H3,(H,22,23,24). The van der Waals surface area contributed by atoms with Crippen molar-refractivity contribution >= 4 is 10.4 Å². The average molecular weight is 425 g/mol. The summed E-state index contributed by atoms with van der Waals surface area (Å²) in [6.45, 7) is 3.83. The SMILES string of the molecule is CCCCCCCCCCCCCCCCCOCCOCCOS(=O)(=O)O. The molecule has 0 bridgehead atoms. The lowest BCUT2D eigenvalue weighted by atomic mass is 10.0. The number of ether oxygens (including phenoxy) is 2. The van der Waals surface area contributed by atoms with Crippen LogP contribution < -0.4 is 0 Å². The highest BCUT2D eigenvalue weighted by molar-refractivity contribution is 7.80. The van der Waals surface area contributed by atoms with Crippen molar-refractivity contribution in [2.75, 3.05) is 33.0 Å². The molecule has 0 amide bonds. The van der Waals surface area contributed by atoms with Crippen LogP contribution in [0.1, 0.15) is 103 Å². The zero-order chi connectivity index (χ0) is 20.8. The maximum absolute atomic E-state index is 10.3. The summed E-state index contributed by atoms with van der Waals surface area (Å²) in [5, 5.41) is 0. The summed E-state index contributed by atoms with van der Waals surface area (Å²) in [5.41, 5.74) is 0. The molecule has 0 aliphatic heterocycles. The molecule has 7 heteroatoms. The van der Waals surface area contributed by atoms with Crippen LogP contribution in [0.15, 0.2) is 0 Å². The van der Waals surface area contributed by atoms with Gasteiger partial charge in [0.25, 0.3) is 0 Å². The van der Waals surface area contributed by atoms with E-state index in [9.17, 15) is 8.42 Å². The molecule has 0 spiro atoms. The predicted octanol–water partition coefficient (Wildman–Crippen LogP) is 5.71. The molecule has 0 fully saturated rings. The monoisotopic (exact) mass is 424 g/mol. The number of rotatable bonds is 23. The molecule has 0 heterocycles. The van der Waals surface area contributed by atoms with Gasteiger partial charge in [-0.3, -0.25) is 4.55 Å². The van der Waals surface area contributed by atoms with E-state index in [0.717, 1.165) is 13.0 Å². The second-order valence-electron chi connectivity index (χ2n) is 7.42. The van der Waals surface area contributed by atoms with Crippen molar-refractivity contribution in [3.05, 3.63) is 0 Å². The summed E-state index contributed by atoms with van der Waals surface area (Å²) in [6.07, 6.45) is 20.3. The summed E-state index contributed by atoms with van der Waals surface area (Å²) in [6, 6.07) is 0. The van der Waals surface area contributed by atoms with Crippen molar-refractivity contribution in [1.29, 1.82) is 0 Å². The minimum Gasteiger partial charge on any atom is -0.379 e. The Balaban J connectivity index is 3.03. The van der Waals surface area contributed by atoms with E-state index in [1.54, 1.807) is 0 Å². The molecule has 0 aliphatic carbocycles. The second-order valence-corrected chi connectivity index (χ2v) is 8.52. The van der Waals surface area contributed by atoms with Crippen LogP contribution in [0, 0.1) is 0 Å².